The number of benzene rings is 1. The van der Waals surface area contributed by atoms with Gasteiger partial charge in [-0.1, -0.05) is 19.4 Å². The molecule has 5 nitrogen and oxygen atoms in total. The Hall–Kier alpha value is -1.88. The van der Waals surface area contributed by atoms with Gasteiger partial charge >= 0.3 is 5.97 Å². The van der Waals surface area contributed by atoms with E-state index < -0.39 is 12.0 Å². The van der Waals surface area contributed by atoms with Crippen LogP contribution in [-0.4, -0.2) is 27.9 Å². The summed E-state index contributed by atoms with van der Waals surface area (Å²) in [7, 11) is 0. The van der Waals surface area contributed by atoms with E-state index in [9.17, 15) is 9.59 Å². The fourth-order valence-electron chi connectivity index (χ4n) is 2.35. The molecule has 2 rings (SSSR count). The van der Waals surface area contributed by atoms with Gasteiger partial charge in [0.2, 0.25) is 5.91 Å². The minimum atomic E-state index is -0.949. The highest BCUT2D eigenvalue weighted by Gasteiger charge is 2.27. The molecule has 1 heterocycles. The van der Waals surface area contributed by atoms with Gasteiger partial charge in [-0.05, 0) is 29.7 Å². The maximum atomic E-state index is 12.1. The quantitative estimate of drug-likeness (QED) is 0.858. The van der Waals surface area contributed by atoms with Crippen LogP contribution in [0.15, 0.2) is 18.2 Å². The van der Waals surface area contributed by atoms with Crippen LogP contribution in [0.1, 0.15) is 41.3 Å². The van der Waals surface area contributed by atoms with Crippen LogP contribution in [0.5, 0.6) is 0 Å². The third-order valence-corrected chi connectivity index (χ3v) is 3.40. The molecule has 0 saturated heterocycles. The van der Waals surface area contributed by atoms with Crippen LogP contribution < -0.4 is 5.73 Å². The zero-order chi connectivity index (χ0) is 14.0. The second kappa shape index (κ2) is 5.40. The van der Waals surface area contributed by atoms with E-state index in [4.69, 9.17) is 10.8 Å². The van der Waals surface area contributed by atoms with Crippen molar-refractivity contribution in [3.63, 3.8) is 0 Å². The van der Waals surface area contributed by atoms with Crippen molar-refractivity contribution in [3.05, 3.63) is 34.9 Å². The lowest BCUT2D eigenvalue weighted by Gasteiger charge is -2.19. The van der Waals surface area contributed by atoms with Crippen LogP contribution in [-0.2, 0) is 17.9 Å². The number of nitrogens with two attached hydrogens (primary N) is 1. The Morgan fingerprint density at radius 3 is 2.68 bits per heavy atom. The third-order valence-electron chi connectivity index (χ3n) is 3.40. The molecule has 0 bridgehead atoms. The summed E-state index contributed by atoms with van der Waals surface area (Å²) in [6, 6.07) is 4.52. The average molecular weight is 262 g/mol. The number of nitrogens with zero attached hydrogens (tertiary/aromatic N) is 1. The molecule has 3 N–H and O–H groups in total. The van der Waals surface area contributed by atoms with E-state index in [0.717, 1.165) is 17.5 Å². The highest BCUT2D eigenvalue weighted by atomic mass is 16.4. The van der Waals surface area contributed by atoms with Gasteiger partial charge in [0.1, 0.15) is 0 Å². The van der Waals surface area contributed by atoms with E-state index >= 15 is 0 Å². The van der Waals surface area contributed by atoms with E-state index in [1.807, 2.05) is 6.92 Å². The number of fused-ring (bicyclic) bond motifs is 1. The molecule has 102 valence electrons. The molecule has 1 amide bonds. The average Bonchev–Trinajstić information content (AvgIpc) is 2.80. The summed E-state index contributed by atoms with van der Waals surface area (Å²) in [5.74, 6) is -1.01. The van der Waals surface area contributed by atoms with Crippen LogP contribution in [0.25, 0.3) is 0 Å². The molecule has 0 saturated carbocycles. The Morgan fingerprint density at radius 1 is 1.37 bits per heavy atom. The van der Waals surface area contributed by atoms with Crippen molar-refractivity contribution in [2.45, 2.75) is 38.9 Å². The summed E-state index contributed by atoms with van der Waals surface area (Å²) >= 11 is 0. The molecule has 0 radical (unpaired) electrons. The van der Waals surface area contributed by atoms with Gasteiger partial charge in [0, 0.05) is 13.1 Å². The standard InChI is InChI=1S/C14H18N2O3/c1-2-3-12(15)13(17)16-7-10-5-4-9(14(18)19)6-11(10)8-16/h4-6,12H,2-3,7-8,15H2,1H3,(H,18,19)/t12-/m0/s1. The smallest absolute Gasteiger partial charge is 0.335 e. The van der Waals surface area contributed by atoms with Crippen molar-refractivity contribution in [1.82, 2.24) is 4.90 Å². The van der Waals surface area contributed by atoms with Gasteiger partial charge in [-0.3, -0.25) is 4.79 Å². The van der Waals surface area contributed by atoms with Gasteiger partial charge in [0.05, 0.1) is 11.6 Å². The van der Waals surface area contributed by atoms with Gasteiger partial charge in [-0.2, -0.15) is 0 Å². The van der Waals surface area contributed by atoms with Crippen molar-refractivity contribution < 1.29 is 14.7 Å². The van der Waals surface area contributed by atoms with E-state index in [0.29, 0.717) is 19.5 Å². The van der Waals surface area contributed by atoms with Gasteiger partial charge in [0.25, 0.3) is 0 Å². The second-order valence-electron chi connectivity index (χ2n) is 4.88. The van der Waals surface area contributed by atoms with Crippen LogP contribution >= 0.6 is 0 Å². The minimum Gasteiger partial charge on any atom is -0.478 e. The van der Waals surface area contributed by atoms with Gasteiger partial charge < -0.3 is 15.7 Å². The topological polar surface area (TPSA) is 83.6 Å². The Balaban J connectivity index is 2.12. The van der Waals surface area contributed by atoms with E-state index in [-0.39, 0.29) is 11.5 Å². The summed E-state index contributed by atoms with van der Waals surface area (Å²) in [6.45, 7) is 2.96. The van der Waals surface area contributed by atoms with Gasteiger partial charge in [-0.25, -0.2) is 4.79 Å². The summed E-state index contributed by atoms with van der Waals surface area (Å²) in [5.41, 5.74) is 7.99. The first-order chi connectivity index (χ1) is 9.02. The summed E-state index contributed by atoms with van der Waals surface area (Å²) in [6.07, 6.45) is 1.54. The summed E-state index contributed by atoms with van der Waals surface area (Å²) in [5, 5.41) is 8.95. The Kier molecular flexibility index (Phi) is 3.85. The maximum Gasteiger partial charge on any atom is 0.335 e. The lowest BCUT2D eigenvalue weighted by molar-refractivity contribution is -0.133. The SMILES string of the molecule is CCC[C@H](N)C(=O)N1Cc2ccc(C(=O)O)cc2C1. The zero-order valence-corrected chi connectivity index (χ0v) is 10.9. The monoisotopic (exact) mass is 262 g/mol. The number of carbonyl (C=O) groups is 2. The van der Waals surface area contributed by atoms with Crippen molar-refractivity contribution in [2.24, 2.45) is 5.73 Å². The van der Waals surface area contributed by atoms with Crippen molar-refractivity contribution >= 4 is 11.9 Å². The summed E-state index contributed by atoms with van der Waals surface area (Å²) in [4.78, 5) is 24.7. The van der Waals surface area contributed by atoms with Gasteiger partial charge in [-0.15, -0.1) is 0 Å². The number of aromatic carboxylic acids is 1. The lowest BCUT2D eigenvalue weighted by atomic mass is 10.1. The molecule has 1 aromatic carbocycles. The molecule has 0 fully saturated rings. The maximum absolute atomic E-state index is 12.1. The largest absolute Gasteiger partial charge is 0.478 e. The molecule has 0 aliphatic carbocycles. The van der Waals surface area contributed by atoms with E-state index in [1.54, 1.807) is 23.1 Å². The predicted octanol–water partition coefficient (Wildman–Crippen LogP) is 1.35. The number of hydrogen-bond acceptors (Lipinski definition) is 3. The molecule has 5 heteroatoms. The number of carboxylic acids is 1. The van der Waals surface area contributed by atoms with Crippen LogP contribution in [0.3, 0.4) is 0 Å². The van der Waals surface area contributed by atoms with E-state index in [2.05, 4.69) is 0 Å². The first-order valence-electron chi connectivity index (χ1n) is 6.42. The van der Waals surface area contributed by atoms with Crippen LogP contribution in [0.2, 0.25) is 0 Å². The number of carboxylic acid groups (broad SMARTS) is 1. The molecule has 0 aromatic heterocycles. The molecule has 1 atom stereocenters. The highest BCUT2D eigenvalue weighted by molar-refractivity contribution is 5.88. The predicted molar refractivity (Wildman–Crippen MR) is 70.5 cm³/mol. The Labute approximate surface area is 112 Å². The summed E-state index contributed by atoms with van der Waals surface area (Å²) < 4.78 is 0. The fourth-order valence-corrected chi connectivity index (χ4v) is 2.35. The Morgan fingerprint density at radius 2 is 2.05 bits per heavy atom. The van der Waals surface area contributed by atoms with Crippen molar-refractivity contribution in [2.75, 3.05) is 0 Å². The fraction of sp³-hybridized carbons (Fsp3) is 0.429. The molecule has 19 heavy (non-hydrogen) atoms. The molecular weight excluding hydrogens is 244 g/mol. The number of rotatable bonds is 4. The molecule has 1 aliphatic heterocycles. The number of amides is 1. The van der Waals surface area contributed by atoms with E-state index in [1.165, 1.54) is 0 Å². The minimum absolute atomic E-state index is 0.0603. The van der Waals surface area contributed by atoms with Crippen molar-refractivity contribution in [1.29, 1.82) is 0 Å². The number of hydrogen-bond donors (Lipinski definition) is 2. The lowest BCUT2D eigenvalue weighted by Crippen LogP contribution is -2.41. The first-order valence-corrected chi connectivity index (χ1v) is 6.42. The second-order valence-corrected chi connectivity index (χ2v) is 4.88. The third kappa shape index (κ3) is 2.76. The normalized spacial score (nSPS) is 15.2. The molecular formula is C14H18N2O3. The molecule has 0 unspecified atom stereocenters. The van der Waals surface area contributed by atoms with Crippen LogP contribution in [0.4, 0.5) is 0 Å². The van der Waals surface area contributed by atoms with Crippen molar-refractivity contribution in [3.8, 4) is 0 Å². The molecule has 1 aliphatic rings. The molecule has 1 aromatic rings. The van der Waals surface area contributed by atoms with Gasteiger partial charge in [0.15, 0.2) is 0 Å². The first kappa shape index (κ1) is 13.5. The Bertz CT molecular complexity index is 513. The molecule has 0 spiro atoms. The van der Waals surface area contributed by atoms with Crippen LogP contribution in [0, 0.1) is 0 Å². The highest BCUT2D eigenvalue weighted by Crippen LogP contribution is 2.24. The zero-order valence-electron chi connectivity index (χ0n) is 10.9. The number of carbonyl (C=O) groups excluding carboxylic acids is 1.